The van der Waals surface area contributed by atoms with Crippen molar-refractivity contribution < 1.29 is 19.4 Å². The van der Waals surface area contributed by atoms with Gasteiger partial charge in [-0.3, -0.25) is 4.79 Å². The number of fused-ring (bicyclic) bond motifs is 1. The highest BCUT2D eigenvalue weighted by atomic mass is 32.1. The normalized spacial score (nSPS) is 12.4. The number of hydrogen-bond acceptors (Lipinski definition) is 6. The van der Waals surface area contributed by atoms with E-state index in [0.29, 0.717) is 33.1 Å². The number of rotatable bonds is 6. The van der Waals surface area contributed by atoms with Crippen LogP contribution in [0, 0.1) is 12.8 Å². The molecule has 1 unspecified atom stereocenters. The van der Waals surface area contributed by atoms with Gasteiger partial charge in [-0.2, -0.15) is 0 Å². The second kappa shape index (κ2) is 6.91. The molecule has 0 aliphatic rings. The predicted octanol–water partition coefficient (Wildman–Crippen LogP) is 2.24. The van der Waals surface area contributed by atoms with Crippen molar-refractivity contribution in [1.82, 2.24) is 15.3 Å². The van der Waals surface area contributed by atoms with Crippen LogP contribution < -0.4 is 10.1 Å². The molecule has 7 nitrogen and oxygen atoms in total. The van der Waals surface area contributed by atoms with E-state index in [0.717, 1.165) is 0 Å². The van der Waals surface area contributed by atoms with E-state index in [1.54, 1.807) is 20.8 Å². The first-order valence-electron chi connectivity index (χ1n) is 7.27. The van der Waals surface area contributed by atoms with E-state index in [9.17, 15) is 14.7 Å². The standard InChI is InChI=1S/C15H19N3O4S/c1-5-22-13-9-8(4)11(23-14(9)17-6-16-13)12(19)18-10(7(2)3)15(20)21/h6-7,10H,5H2,1-4H3,(H,18,19)(H,20,21). The Kier molecular flexibility index (Phi) is 5.15. The van der Waals surface area contributed by atoms with E-state index in [4.69, 9.17) is 4.74 Å². The van der Waals surface area contributed by atoms with Gasteiger partial charge in [0.1, 0.15) is 17.2 Å². The number of aliphatic carboxylic acids is 1. The van der Waals surface area contributed by atoms with Crippen molar-refractivity contribution in [2.24, 2.45) is 5.92 Å². The zero-order valence-corrected chi connectivity index (χ0v) is 14.2. The fourth-order valence-electron chi connectivity index (χ4n) is 2.22. The zero-order chi connectivity index (χ0) is 17.1. The number of carboxylic acids is 1. The molecule has 0 aromatic carbocycles. The molecule has 2 aromatic heterocycles. The highest BCUT2D eigenvalue weighted by Gasteiger charge is 2.27. The quantitative estimate of drug-likeness (QED) is 0.838. The molecule has 0 bridgehead atoms. The third-order valence-electron chi connectivity index (χ3n) is 3.40. The second-order valence-electron chi connectivity index (χ2n) is 5.38. The summed E-state index contributed by atoms with van der Waals surface area (Å²) in [6.07, 6.45) is 1.39. The highest BCUT2D eigenvalue weighted by molar-refractivity contribution is 7.20. The number of carbonyl (C=O) groups excluding carboxylic acids is 1. The average molecular weight is 337 g/mol. The van der Waals surface area contributed by atoms with Crippen LogP contribution in [0.3, 0.4) is 0 Å². The van der Waals surface area contributed by atoms with Gasteiger partial charge in [0.25, 0.3) is 5.91 Å². The Labute approximate surface area is 137 Å². The molecule has 0 radical (unpaired) electrons. The lowest BCUT2D eigenvalue weighted by molar-refractivity contribution is -0.140. The van der Waals surface area contributed by atoms with Crippen LogP contribution in [0.2, 0.25) is 0 Å². The molecule has 2 heterocycles. The minimum absolute atomic E-state index is 0.218. The summed E-state index contributed by atoms with van der Waals surface area (Å²) in [4.78, 5) is 33.1. The average Bonchev–Trinajstić information content (AvgIpc) is 2.82. The fourth-order valence-corrected chi connectivity index (χ4v) is 3.26. The Morgan fingerprint density at radius 2 is 2.09 bits per heavy atom. The maximum absolute atomic E-state index is 12.5. The van der Waals surface area contributed by atoms with Gasteiger partial charge in [-0.05, 0) is 25.3 Å². The first-order valence-corrected chi connectivity index (χ1v) is 8.09. The molecule has 2 rings (SSSR count). The molecule has 1 amide bonds. The van der Waals surface area contributed by atoms with E-state index in [1.807, 2.05) is 6.92 Å². The third-order valence-corrected chi connectivity index (χ3v) is 4.60. The molecule has 0 aliphatic heterocycles. The molecule has 0 spiro atoms. The van der Waals surface area contributed by atoms with Gasteiger partial charge >= 0.3 is 5.97 Å². The minimum Gasteiger partial charge on any atom is -0.480 e. The highest BCUT2D eigenvalue weighted by Crippen LogP contribution is 2.34. The van der Waals surface area contributed by atoms with Gasteiger partial charge in [0.15, 0.2) is 0 Å². The summed E-state index contributed by atoms with van der Waals surface area (Å²) in [6.45, 7) is 7.58. The maximum atomic E-state index is 12.5. The Morgan fingerprint density at radius 3 is 2.65 bits per heavy atom. The zero-order valence-electron chi connectivity index (χ0n) is 13.4. The lowest BCUT2D eigenvalue weighted by atomic mass is 10.0. The summed E-state index contributed by atoms with van der Waals surface area (Å²) in [7, 11) is 0. The van der Waals surface area contributed by atoms with Crippen molar-refractivity contribution in [2.75, 3.05) is 6.61 Å². The number of aryl methyl sites for hydroxylation is 1. The number of thiophene rings is 1. The van der Waals surface area contributed by atoms with Crippen LogP contribution in [0.5, 0.6) is 5.88 Å². The van der Waals surface area contributed by atoms with Crippen molar-refractivity contribution in [3.05, 3.63) is 16.8 Å². The first-order chi connectivity index (χ1) is 10.9. The molecule has 2 aromatic rings. The van der Waals surface area contributed by atoms with E-state index < -0.39 is 17.9 Å². The van der Waals surface area contributed by atoms with Crippen LogP contribution in [0.4, 0.5) is 0 Å². The Hall–Kier alpha value is -2.22. The van der Waals surface area contributed by atoms with Gasteiger partial charge in [-0.25, -0.2) is 14.8 Å². The fraction of sp³-hybridized carbons (Fsp3) is 0.467. The second-order valence-corrected chi connectivity index (χ2v) is 6.38. The van der Waals surface area contributed by atoms with E-state index in [1.165, 1.54) is 17.7 Å². The first kappa shape index (κ1) is 17.1. The van der Waals surface area contributed by atoms with Crippen molar-refractivity contribution >= 4 is 33.4 Å². The van der Waals surface area contributed by atoms with Gasteiger partial charge in [0, 0.05) is 0 Å². The summed E-state index contributed by atoms with van der Waals surface area (Å²) in [5, 5.41) is 12.5. The van der Waals surface area contributed by atoms with Crippen LogP contribution >= 0.6 is 11.3 Å². The number of aromatic nitrogens is 2. The predicted molar refractivity (Wildman–Crippen MR) is 87.0 cm³/mol. The topological polar surface area (TPSA) is 101 Å². The van der Waals surface area contributed by atoms with Gasteiger partial charge in [-0.1, -0.05) is 13.8 Å². The SMILES string of the molecule is CCOc1ncnc2sc(C(=O)NC(C(=O)O)C(C)C)c(C)c12. The van der Waals surface area contributed by atoms with Crippen LogP contribution in [-0.2, 0) is 4.79 Å². The molecular weight excluding hydrogens is 318 g/mol. The number of nitrogens with zero attached hydrogens (tertiary/aromatic N) is 2. The van der Waals surface area contributed by atoms with Gasteiger partial charge in [0.05, 0.1) is 16.9 Å². The van der Waals surface area contributed by atoms with Gasteiger partial charge in [0.2, 0.25) is 5.88 Å². The van der Waals surface area contributed by atoms with E-state index >= 15 is 0 Å². The summed E-state index contributed by atoms with van der Waals surface area (Å²) >= 11 is 1.20. The number of amides is 1. The molecule has 0 saturated carbocycles. The molecule has 2 N–H and O–H groups in total. The van der Waals surface area contributed by atoms with Crippen molar-refractivity contribution in [1.29, 1.82) is 0 Å². The lowest BCUT2D eigenvalue weighted by Crippen LogP contribution is -2.44. The van der Waals surface area contributed by atoms with E-state index in [-0.39, 0.29) is 5.92 Å². The molecule has 124 valence electrons. The molecule has 8 heteroatoms. The molecule has 23 heavy (non-hydrogen) atoms. The third kappa shape index (κ3) is 3.42. The Balaban J connectivity index is 2.40. The number of nitrogens with one attached hydrogen (secondary N) is 1. The lowest BCUT2D eigenvalue weighted by Gasteiger charge is -2.17. The van der Waals surface area contributed by atoms with Crippen molar-refractivity contribution in [3.8, 4) is 5.88 Å². The number of hydrogen-bond donors (Lipinski definition) is 2. The monoisotopic (exact) mass is 337 g/mol. The molecule has 0 fully saturated rings. The summed E-state index contributed by atoms with van der Waals surface area (Å²) in [5.74, 6) is -1.26. The summed E-state index contributed by atoms with van der Waals surface area (Å²) in [5.41, 5.74) is 0.694. The number of carbonyl (C=O) groups is 2. The number of carboxylic acid groups (broad SMARTS) is 1. The van der Waals surface area contributed by atoms with Crippen LogP contribution in [0.25, 0.3) is 10.2 Å². The van der Waals surface area contributed by atoms with Crippen molar-refractivity contribution in [3.63, 3.8) is 0 Å². The Bertz CT molecular complexity index is 742. The smallest absolute Gasteiger partial charge is 0.326 e. The molecular formula is C15H19N3O4S. The minimum atomic E-state index is -1.05. The number of ether oxygens (including phenoxy) is 1. The summed E-state index contributed by atoms with van der Waals surface area (Å²) in [6, 6.07) is -0.940. The summed E-state index contributed by atoms with van der Waals surface area (Å²) < 4.78 is 5.48. The van der Waals surface area contributed by atoms with E-state index in [2.05, 4.69) is 15.3 Å². The maximum Gasteiger partial charge on any atom is 0.326 e. The molecule has 0 saturated heterocycles. The van der Waals surface area contributed by atoms with Crippen molar-refractivity contribution in [2.45, 2.75) is 33.7 Å². The van der Waals surface area contributed by atoms with Gasteiger partial charge < -0.3 is 15.2 Å². The van der Waals surface area contributed by atoms with Crippen LogP contribution in [0.1, 0.15) is 36.0 Å². The van der Waals surface area contributed by atoms with Crippen LogP contribution in [0.15, 0.2) is 6.33 Å². The largest absolute Gasteiger partial charge is 0.480 e. The molecule has 1 atom stereocenters. The Morgan fingerprint density at radius 1 is 1.39 bits per heavy atom. The van der Waals surface area contributed by atoms with Gasteiger partial charge in [-0.15, -0.1) is 11.3 Å². The van der Waals surface area contributed by atoms with Crippen LogP contribution in [-0.4, -0.2) is 39.6 Å². The molecule has 0 aliphatic carbocycles.